The lowest BCUT2D eigenvalue weighted by molar-refractivity contribution is 0.215. The summed E-state index contributed by atoms with van der Waals surface area (Å²) in [7, 11) is 0. The molecule has 4 nitrogen and oxygen atoms in total. The van der Waals surface area contributed by atoms with Crippen LogP contribution in [0.2, 0.25) is 0 Å². The summed E-state index contributed by atoms with van der Waals surface area (Å²) in [6.45, 7) is 4.33. The minimum absolute atomic E-state index is 0.114. The molecule has 0 saturated carbocycles. The number of nitrogens with zero attached hydrogens (tertiary/aromatic N) is 4. The Hall–Kier alpha value is -3.38. The lowest BCUT2D eigenvalue weighted by atomic mass is 9.72. The summed E-state index contributed by atoms with van der Waals surface area (Å²) in [4.78, 5) is 1.84. The second-order valence-electron chi connectivity index (χ2n) is 8.77. The number of likely N-dealkylation sites (tertiary alicyclic amines) is 1. The molecular weight excluding hydrogens is 427 g/mol. The first kappa shape index (κ1) is 23.3. The van der Waals surface area contributed by atoms with Crippen LogP contribution in [0.3, 0.4) is 0 Å². The third-order valence-corrected chi connectivity index (χ3v) is 6.06. The van der Waals surface area contributed by atoms with Gasteiger partial charge in [0, 0.05) is 29.9 Å². The van der Waals surface area contributed by atoms with Crippen molar-refractivity contribution < 1.29 is 22.0 Å². The van der Waals surface area contributed by atoms with Gasteiger partial charge in [0.1, 0.15) is 23.8 Å². The van der Waals surface area contributed by atoms with Gasteiger partial charge in [0.15, 0.2) is 23.3 Å². The molecule has 0 aromatic heterocycles. The smallest absolute Gasteiger partial charge is 0.200 e. The van der Waals surface area contributed by atoms with Crippen LogP contribution in [0.15, 0.2) is 22.4 Å². The van der Waals surface area contributed by atoms with Gasteiger partial charge in [-0.1, -0.05) is 13.8 Å². The third kappa shape index (κ3) is 3.94. The van der Waals surface area contributed by atoms with E-state index in [9.17, 15) is 37.7 Å². The van der Waals surface area contributed by atoms with E-state index in [-0.39, 0.29) is 42.5 Å². The normalized spacial score (nSPS) is 18.8. The van der Waals surface area contributed by atoms with Gasteiger partial charge in [-0.15, -0.1) is 0 Å². The molecule has 9 heteroatoms. The molecule has 0 unspecified atom stereocenters. The quantitative estimate of drug-likeness (QED) is 0.260. The molecule has 1 saturated heterocycles. The van der Waals surface area contributed by atoms with Gasteiger partial charge >= 0.3 is 0 Å². The fourth-order valence-corrected chi connectivity index (χ4v) is 4.54. The predicted octanol–water partition coefficient (Wildman–Crippen LogP) is 5.50. The predicted molar refractivity (Wildman–Crippen MR) is 104 cm³/mol. The molecule has 0 amide bonds. The minimum Gasteiger partial charge on any atom is -0.374 e. The zero-order chi connectivity index (χ0) is 23.8. The SMILES string of the molecule is CC1(C)CC(=C(C#N)C#N)C(C#N)=C(N2CCC(c3c(F)c(F)c(F)c(F)c3F)CC2)C1. The van der Waals surface area contributed by atoms with Crippen molar-refractivity contribution >= 4 is 0 Å². The molecular formula is C23H19F5N4. The highest BCUT2D eigenvalue weighted by molar-refractivity contribution is 5.57. The first-order valence-corrected chi connectivity index (χ1v) is 9.99. The van der Waals surface area contributed by atoms with Gasteiger partial charge in [0.05, 0.1) is 5.57 Å². The van der Waals surface area contributed by atoms with Gasteiger partial charge in [-0.2, -0.15) is 15.8 Å². The Labute approximate surface area is 182 Å². The molecule has 166 valence electrons. The highest BCUT2D eigenvalue weighted by atomic mass is 19.2. The fraction of sp³-hybridized carbons (Fsp3) is 0.435. The average Bonchev–Trinajstić information content (AvgIpc) is 2.77. The van der Waals surface area contributed by atoms with Crippen molar-refractivity contribution in [3.8, 4) is 18.2 Å². The van der Waals surface area contributed by atoms with E-state index in [0.717, 1.165) is 0 Å². The standard InChI is InChI=1S/C23H19F5N4/c1-23(2)7-14(13(9-29)10-30)15(11-31)16(8-23)32-5-3-12(4-6-32)17-18(24)20(26)22(28)21(27)19(17)25/h12H,3-8H2,1-2H3. The Morgan fingerprint density at radius 2 is 1.34 bits per heavy atom. The van der Waals surface area contributed by atoms with Crippen LogP contribution < -0.4 is 0 Å². The Kier molecular flexibility index (Phi) is 6.28. The van der Waals surface area contributed by atoms with Crippen LogP contribution in [-0.4, -0.2) is 18.0 Å². The first-order chi connectivity index (χ1) is 15.1. The second-order valence-corrected chi connectivity index (χ2v) is 8.77. The number of hydrogen-bond acceptors (Lipinski definition) is 4. The van der Waals surface area contributed by atoms with Crippen molar-refractivity contribution in [3.05, 3.63) is 57.1 Å². The minimum atomic E-state index is -2.18. The fourth-order valence-electron chi connectivity index (χ4n) is 4.54. The number of allylic oxidation sites excluding steroid dienone is 4. The Balaban J connectivity index is 1.96. The number of piperidine rings is 1. The van der Waals surface area contributed by atoms with Crippen molar-refractivity contribution in [2.45, 2.75) is 45.4 Å². The van der Waals surface area contributed by atoms with E-state index in [1.54, 1.807) is 0 Å². The van der Waals surface area contributed by atoms with Crippen molar-refractivity contribution in [1.82, 2.24) is 4.90 Å². The average molecular weight is 446 g/mol. The van der Waals surface area contributed by atoms with Crippen LogP contribution in [0, 0.1) is 68.5 Å². The second kappa shape index (κ2) is 8.63. The van der Waals surface area contributed by atoms with Crippen LogP contribution in [0.4, 0.5) is 22.0 Å². The largest absolute Gasteiger partial charge is 0.374 e. The van der Waals surface area contributed by atoms with Gasteiger partial charge in [0.25, 0.3) is 0 Å². The molecule has 0 atom stereocenters. The number of benzene rings is 1. The Morgan fingerprint density at radius 1 is 0.844 bits per heavy atom. The first-order valence-electron chi connectivity index (χ1n) is 9.99. The maximum absolute atomic E-state index is 14.2. The lowest BCUT2D eigenvalue weighted by Gasteiger charge is -2.41. The van der Waals surface area contributed by atoms with Crippen molar-refractivity contribution in [2.24, 2.45) is 5.41 Å². The molecule has 0 bridgehead atoms. The van der Waals surface area contributed by atoms with E-state index in [1.165, 1.54) is 0 Å². The van der Waals surface area contributed by atoms with Crippen molar-refractivity contribution in [1.29, 1.82) is 15.8 Å². The summed E-state index contributed by atoms with van der Waals surface area (Å²) < 4.78 is 69.0. The third-order valence-electron chi connectivity index (χ3n) is 6.06. The molecule has 1 aromatic rings. The van der Waals surface area contributed by atoms with Crippen molar-refractivity contribution in [2.75, 3.05) is 13.1 Å². The molecule has 1 fully saturated rings. The molecule has 0 N–H and O–H groups in total. The summed E-state index contributed by atoms with van der Waals surface area (Å²) in [5.74, 6) is -10.6. The van der Waals surface area contributed by atoms with Crippen LogP contribution in [0.5, 0.6) is 0 Å². The molecule has 3 rings (SSSR count). The van der Waals surface area contributed by atoms with Gasteiger partial charge in [-0.25, -0.2) is 22.0 Å². The molecule has 32 heavy (non-hydrogen) atoms. The van der Waals surface area contributed by atoms with E-state index in [4.69, 9.17) is 0 Å². The summed E-state index contributed by atoms with van der Waals surface area (Å²) in [6.07, 6.45) is 1.08. The Morgan fingerprint density at radius 3 is 1.81 bits per heavy atom. The molecule has 1 aromatic carbocycles. The summed E-state index contributed by atoms with van der Waals surface area (Å²) in [6, 6.07) is 5.75. The summed E-state index contributed by atoms with van der Waals surface area (Å²) in [5, 5.41) is 28.4. The van der Waals surface area contributed by atoms with E-state index in [1.807, 2.05) is 30.9 Å². The van der Waals surface area contributed by atoms with E-state index in [0.29, 0.717) is 24.1 Å². The highest BCUT2D eigenvalue weighted by Crippen LogP contribution is 2.45. The highest BCUT2D eigenvalue weighted by Gasteiger charge is 2.37. The molecule has 0 radical (unpaired) electrons. The Bertz CT molecular complexity index is 1110. The van der Waals surface area contributed by atoms with Crippen LogP contribution in [0.1, 0.15) is 51.0 Å². The maximum Gasteiger partial charge on any atom is 0.200 e. The molecule has 2 aliphatic rings. The monoisotopic (exact) mass is 446 g/mol. The van der Waals surface area contributed by atoms with Crippen LogP contribution in [0.25, 0.3) is 0 Å². The van der Waals surface area contributed by atoms with E-state index >= 15 is 0 Å². The molecule has 1 heterocycles. The lowest BCUT2D eigenvalue weighted by Crippen LogP contribution is -2.37. The molecule has 0 spiro atoms. The number of halogens is 5. The van der Waals surface area contributed by atoms with E-state index in [2.05, 4.69) is 6.07 Å². The van der Waals surface area contributed by atoms with Crippen molar-refractivity contribution in [3.63, 3.8) is 0 Å². The van der Waals surface area contributed by atoms with Crippen LogP contribution in [-0.2, 0) is 0 Å². The van der Waals surface area contributed by atoms with Gasteiger partial charge in [-0.05, 0) is 37.0 Å². The van der Waals surface area contributed by atoms with Gasteiger partial charge in [-0.3, -0.25) is 0 Å². The number of nitriles is 3. The topological polar surface area (TPSA) is 74.6 Å². The summed E-state index contributed by atoms with van der Waals surface area (Å²) >= 11 is 0. The van der Waals surface area contributed by atoms with Gasteiger partial charge in [0.2, 0.25) is 5.82 Å². The molecule has 1 aliphatic carbocycles. The number of hydrogen-bond donors (Lipinski definition) is 0. The maximum atomic E-state index is 14.2. The zero-order valence-corrected chi connectivity index (χ0v) is 17.5. The van der Waals surface area contributed by atoms with E-state index < -0.39 is 40.6 Å². The summed E-state index contributed by atoms with van der Waals surface area (Å²) in [5.41, 5.74) is -0.0674. The zero-order valence-electron chi connectivity index (χ0n) is 17.5. The molecule has 1 aliphatic heterocycles. The number of rotatable bonds is 2. The van der Waals surface area contributed by atoms with Crippen LogP contribution >= 0.6 is 0 Å². The van der Waals surface area contributed by atoms with Gasteiger partial charge < -0.3 is 4.90 Å².